The van der Waals surface area contributed by atoms with Crippen LogP contribution in [0.4, 0.5) is 0 Å². The Kier molecular flexibility index (Phi) is 48.4. The van der Waals surface area contributed by atoms with E-state index in [1.165, 1.54) is 308 Å². The van der Waals surface area contributed by atoms with Crippen molar-refractivity contribution in [2.45, 2.75) is 362 Å². The summed E-state index contributed by atoms with van der Waals surface area (Å²) in [6.45, 7) is 17.7. The number of hydrogen-bond acceptors (Lipinski definition) is 1. The number of aryl methyl sites for hydroxylation is 2. The summed E-state index contributed by atoms with van der Waals surface area (Å²) in [5.74, 6) is 2.69. The van der Waals surface area contributed by atoms with Crippen molar-refractivity contribution in [2.24, 2.45) is 17.8 Å². The van der Waals surface area contributed by atoms with Gasteiger partial charge in [-0.3, -0.25) is 0 Å². The van der Waals surface area contributed by atoms with E-state index in [9.17, 15) is 0 Å². The first kappa shape index (κ1) is 63.2. The molecule has 0 saturated carbocycles. The number of nitrogens with zero attached hydrogens (tertiary/aromatic N) is 2. The maximum atomic E-state index is 4.11. The molecule has 392 valence electrons. The molecule has 1 aromatic rings. The van der Waals surface area contributed by atoms with Gasteiger partial charge in [-0.25, -0.2) is 9.13 Å². The second-order valence-corrected chi connectivity index (χ2v) is 22.9. The Bertz CT molecular complexity index is 1010. The topological polar surface area (TPSA) is 20.8 Å². The molecule has 3 heteroatoms. The number of hydrogen-bond donors (Lipinski definition) is 1. The minimum Gasteiger partial charge on any atom is -0.314 e. The smallest absolute Gasteiger partial charge is 0.243 e. The molecule has 1 N–H and O–H groups in total. The van der Waals surface area contributed by atoms with Gasteiger partial charge >= 0.3 is 0 Å². The van der Waals surface area contributed by atoms with E-state index in [2.05, 4.69) is 74.7 Å². The SMILES string of the molecule is CCCCCCCCCCCCCCCCCCC(CCCCCCCCCCCCCCCCCC)CCCCC(CCC(C)CCCC(C)C)NCCCC[n+]1ccn(CCCC)c1. The van der Waals surface area contributed by atoms with Gasteiger partial charge < -0.3 is 5.32 Å². The van der Waals surface area contributed by atoms with Crippen LogP contribution in [0.15, 0.2) is 18.7 Å². The number of imidazole rings is 1. The zero-order chi connectivity index (χ0) is 47.6. The minimum atomic E-state index is 0.708. The Hall–Kier alpha value is -0.830. The van der Waals surface area contributed by atoms with E-state index in [0.29, 0.717) is 6.04 Å². The summed E-state index contributed by atoms with van der Waals surface area (Å²) < 4.78 is 4.77. The van der Waals surface area contributed by atoms with Crippen LogP contribution >= 0.6 is 0 Å². The molecule has 1 rings (SSSR count). The highest BCUT2D eigenvalue weighted by Gasteiger charge is 2.14. The highest BCUT2D eigenvalue weighted by molar-refractivity contribution is 4.71. The fourth-order valence-corrected chi connectivity index (χ4v) is 10.8. The van der Waals surface area contributed by atoms with Gasteiger partial charge in [0.2, 0.25) is 6.33 Å². The van der Waals surface area contributed by atoms with Crippen LogP contribution in [0.3, 0.4) is 0 Å². The van der Waals surface area contributed by atoms with Gasteiger partial charge in [-0.1, -0.05) is 305 Å². The van der Waals surface area contributed by atoms with Crippen molar-refractivity contribution in [3.8, 4) is 0 Å². The van der Waals surface area contributed by atoms with Crippen molar-refractivity contribution in [1.29, 1.82) is 0 Å². The zero-order valence-electron chi connectivity index (χ0n) is 46.8. The van der Waals surface area contributed by atoms with Crippen molar-refractivity contribution in [1.82, 2.24) is 9.88 Å². The van der Waals surface area contributed by atoms with E-state index in [4.69, 9.17) is 0 Å². The third-order valence-electron chi connectivity index (χ3n) is 15.6. The average molecular weight is 926 g/mol. The van der Waals surface area contributed by atoms with Crippen LogP contribution < -0.4 is 9.88 Å². The van der Waals surface area contributed by atoms with E-state index in [-0.39, 0.29) is 0 Å². The van der Waals surface area contributed by atoms with Gasteiger partial charge in [0, 0.05) is 6.04 Å². The first-order valence-corrected chi connectivity index (χ1v) is 31.3. The Balaban J connectivity index is 2.46. The van der Waals surface area contributed by atoms with Crippen LogP contribution in [-0.4, -0.2) is 17.2 Å². The lowest BCUT2D eigenvalue weighted by Gasteiger charge is -2.22. The highest BCUT2D eigenvalue weighted by Crippen LogP contribution is 2.26. The molecule has 0 fully saturated rings. The number of aromatic nitrogens is 2. The van der Waals surface area contributed by atoms with Gasteiger partial charge in [-0.2, -0.15) is 0 Å². The predicted molar refractivity (Wildman–Crippen MR) is 298 cm³/mol. The second-order valence-electron chi connectivity index (χ2n) is 22.9. The fourth-order valence-electron chi connectivity index (χ4n) is 10.8. The molecule has 3 nitrogen and oxygen atoms in total. The fraction of sp³-hybridized carbons (Fsp3) is 0.952. The third kappa shape index (κ3) is 44.4. The van der Waals surface area contributed by atoms with Crippen LogP contribution in [0.2, 0.25) is 0 Å². The monoisotopic (exact) mass is 925 g/mol. The van der Waals surface area contributed by atoms with Gasteiger partial charge in [0.15, 0.2) is 0 Å². The molecule has 0 bridgehead atoms. The lowest BCUT2D eigenvalue weighted by Crippen LogP contribution is -2.33. The van der Waals surface area contributed by atoms with Gasteiger partial charge in [0.25, 0.3) is 0 Å². The van der Waals surface area contributed by atoms with E-state index in [1.807, 2.05) is 0 Å². The number of rotatable bonds is 55. The standard InChI is InChI=1S/C63H126N3/c1-7-10-13-15-17-19-21-23-25-27-29-31-33-35-37-39-48-62(49-40-38-36-34-32-30-28-26-24-22-20-18-16-14-11-8-2)50-41-42-51-63(53-52-61(6)47-45-46-60(4)5)64-54-43-44-56-66-58-57-65(59-66)55-12-9-3/h57-64H,7-56H2,1-6H3/q+1. The van der Waals surface area contributed by atoms with Crippen LogP contribution in [-0.2, 0) is 13.1 Å². The predicted octanol–water partition coefficient (Wildman–Crippen LogP) is 21.0. The maximum Gasteiger partial charge on any atom is 0.243 e. The molecule has 0 aliphatic carbocycles. The van der Waals surface area contributed by atoms with E-state index >= 15 is 0 Å². The highest BCUT2D eigenvalue weighted by atomic mass is 15.1. The molecule has 66 heavy (non-hydrogen) atoms. The Morgan fingerprint density at radius 1 is 0.379 bits per heavy atom. The Labute approximate surface area is 418 Å². The van der Waals surface area contributed by atoms with Crippen molar-refractivity contribution >= 4 is 0 Å². The van der Waals surface area contributed by atoms with E-state index in [1.54, 1.807) is 0 Å². The zero-order valence-corrected chi connectivity index (χ0v) is 46.8. The van der Waals surface area contributed by atoms with Crippen molar-refractivity contribution in [3.05, 3.63) is 18.7 Å². The molecule has 2 atom stereocenters. The molecule has 0 aliphatic heterocycles. The summed E-state index contributed by atoms with van der Waals surface area (Å²) in [5, 5.41) is 4.11. The summed E-state index contributed by atoms with van der Waals surface area (Å²) in [6.07, 6.45) is 74.8. The normalized spacial score (nSPS) is 12.9. The minimum absolute atomic E-state index is 0.708. The van der Waals surface area contributed by atoms with Crippen molar-refractivity contribution in [2.75, 3.05) is 6.54 Å². The summed E-state index contributed by atoms with van der Waals surface area (Å²) >= 11 is 0. The first-order valence-electron chi connectivity index (χ1n) is 31.3. The van der Waals surface area contributed by atoms with E-state index < -0.39 is 0 Å². The second kappa shape index (κ2) is 50.6. The van der Waals surface area contributed by atoms with Crippen LogP contribution in [0, 0.1) is 17.8 Å². The van der Waals surface area contributed by atoms with Crippen LogP contribution in [0.5, 0.6) is 0 Å². The molecule has 0 aromatic carbocycles. The molecule has 0 spiro atoms. The molecule has 0 amide bonds. The molecular formula is C63H126N3+. The lowest BCUT2D eigenvalue weighted by atomic mass is 9.88. The molecular weight excluding hydrogens is 799 g/mol. The Morgan fingerprint density at radius 2 is 0.788 bits per heavy atom. The molecule has 0 aliphatic rings. The van der Waals surface area contributed by atoms with Crippen LogP contribution in [0.1, 0.15) is 343 Å². The largest absolute Gasteiger partial charge is 0.314 e. The molecule has 2 unspecified atom stereocenters. The molecule has 0 saturated heterocycles. The summed E-state index contributed by atoms with van der Waals surface area (Å²) in [6, 6.07) is 0.708. The quantitative estimate of drug-likeness (QED) is 0.0510. The summed E-state index contributed by atoms with van der Waals surface area (Å²) in [5.41, 5.74) is 0. The van der Waals surface area contributed by atoms with E-state index in [0.717, 1.165) is 30.8 Å². The number of unbranched alkanes of at least 4 members (excludes halogenated alkanes) is 33. The number of nitrogens with one attached hydrogen (secondary N) is 1. The van der Waals surface area contributed by atoms with Crippen LogP contribution in [0.25, 0.3) is 0 Å². The lowest BCUT2D eigenvalue weighted by molar-refractivity contribution is -0.696. The van der Waals surface area contributed by atoms with Gasteiger partial charge in [-0.15, -0.1) is 0 Å². The molecule has 0 radical (unpaired) electrons. The van der Waals surface area contributed by atoms with Gasteiger partial charge in [-0.05, 0) is 62.8 Å². The van der Waals surface area contributed by atoms with Crippen molar-refractivity contribution in [3.63, 3.8) is 0 Å². The molecule has 1 heterocycles. The Morgan fingerprint density at radius 3 is 1.23 bits per heavy atom. The van der Waals surface area contributed by atoms with Crippen molar-refractivity contribution < 1.29 is 4.57 Å². The van der Waals surface area contributed by atoms with Gasteiger partial charge in [0.1, 0.15) is 12.4 Å². The summed E-state index contributed by atoms with van der Waals surface area (Å²) in [7, 11) is 0. The maximum absolute atomic E-state index is 4.11. The average Bonchev–Trinajstić information content (AvgIpc) is 3.77. The molecule has 1 aromatic heterocycles. The summed E-state index contributed by atoms with van der Waals surface area (Å²) in [4.78, 5) is 0. The van der Waals surface area contributed by atoms with Gasteiger partial charge in [0.05, 0.1) is 13.1 Å². The third-order valence-corrected chi connectivity index (χ3v) is 15.6. The first-order chi connectivity index (χ1) is 32.5.